The Morgan fingerprint density at radius 1 is 1.11 bits per heavy atom. The molecule has 0 atom stereocenters. The first-order chi connectivity index (χ1) is 13.0. The summed E-state index contributed by atoms with van der Waals surface area (Å²) in [5.74, 6) is -0.606. The second-order valence-corrected chi connectivity index (χ2v) is 6.05. The molecule has 3 aromatic rings. The highest BCUT2D eigenvalue weighted by Crippen LogP contribution is 2.22. The molecule has 1 aromatic heterocycles. The molecule has 0 saturated carbocycles. The Balaban J connectivity index is 1.88. The molecule has 3 rings (SSSR count). The molecule has 0 aliphatic carbocycles. The number of hydrogen-bond donors (Lipinski definition) is 1. The van der Waals surface area contributed by atoms with Crippen LogP contribution in [0.3, 0.4) is 0 Å². The van der Waals surface area contributed by atoms with Crippen LogP contribution in [0.15, 0.2) is 71.7 Å². The van der Waals surface area contributed by atoms with Crippen LogP contribution in [0.2, 0.25) is 0 Å². The number of nitrogens with zero attached hydrogens (tertiary/aromatic N) is 2. The van der Waals surface area contributed by atoms with E-state index in [1.165, 1.54) is 22.8 Å². The number of nitro benzene ring substituents is 1. The van der Waals surface area contributed by atoms with Crippen molar-refractivity contribution in [2.45, 2.75) is 13.5 Å². The highest BCUT2D eigenvalue weighted by atomic mass is 16.6. The third-order valence-corrected chi connectivity index (χ3v) is 4.14. The molecule has 1 N–H and O–H groups in total. The average Bonchev–Trinajstić information content (AvgIpc) is 2.66. The Bertz CT molecular complexity index is 1060. The maximum Gasteiger partial charge on any atom is 0.271 e. The standard InChI is InChI=1S/C20H17N3O4/c1-14-9-10-16(23(26)27)12-18(14)21-19(24)17-8-5-11-22(20(17)25)13-15-6-3-2-4-7-15/h2-12H,13H2,1H3,(H,21,24). The maximum atomic E-state index is 12.7. The number of benzene rings is 2. The Hall–Kier alpha value is -3.74. The lowest BCUT2D eigenvalue weighted by atomic mass is 10.1. The van der Waals surface area contributed by atoms with Crippen molar-refractivity contribution in [2.75, 3.05) is 5.32 Å². The molecule has 0 radical (unpaired) electrons. The van der Waals surface area contributed by atoms with Gasteiger partial charge >= 0.3 is 0 Å². The monoisotopic (exact) mass is 363 g/mol. The van der Waals surface area contributed by atoms with Crippen LogP contribution >= 0.6 is 0 Å². The van der Waals surface area contributed by atoms with Gasteiger partial charge in [0.1, 0.15) is 5.56 Å². The van der Waals surface area contributed by atoms with Crippen molar-refractivity contribution in [1.82, 2.24) is 4.57 Å². The lowest BCUT2D eigenvalue weighted by Gasteiger charge is -2.10. The van der Waals surface area contributed by atoms with Gasteiger partial charge in [-0.05, 0) is 30.2 Å². The number of nitrogens with one attached hydrogen (secondary N) is 1. The van der Waals surface area contributed by atoms with E-state index in [0.717, 1.165) is 5.56 Å². The summed E-state index contributed by atoms with van der Waals surface area (Å²) in [7, 11) is 0. The van der Waals surface area contributed by atoms with Gasteiger partial charge in [-0.15, -0.1) is 0 Å². The first kappa shape index (κ1) is 18.1. The maximum absolute atomic E-state index is 12.7. The number of aromatic nitrogens is 1. The minimum Gasteiger partial charge on any atom is -0.321 e. The van der Waals surface area contributed by atoms with Gasteiger partial charge in [0.2, 0.25) is 0 Å². The molecule has 2 aromatic carbocycles. The normalized spacial score (nSPS) is 10.4. The highest BCUT2D eigenvalue weighted by Gasteiger charge is 2.15. The fraction of sp³-hybridized carbons (Fsp3) is 0.100. The predicted octanol–water partition coefficient (Wildman–Crippen LogP) is 3.37. The van der Waals surface area contributed by atoms with Crippen LogP contribution in [0.5, 0.6) is 0 Å². The van der Waals surface area contributed by atoms with E-state index in [4.69, 9.17) is 0 Å². The first-order valence-corrected chi connectivity index (χ1v) is 8.25. The van der Waals surface area contributed by atoms with Gasteiger partial charge in [0.05, 0.1) is 17.2 Å². The van der Waals surface area contributed by atoms with E-state index in [-0.39, 0.29) is 11.3 Å². The number of rotatable bonds is 5. The van der Waals surface area contributed by atoms with Crippen molar-refractivity contribution in [3.8, 4) is 0 Å². The van der Waals surface area contributed by atoms with Crippen molar-refractivity contribution in [3.63, 3.8) is 0 Å². The Kier molecular flexibility index (Phi) is 5.12. The summed E-state index contributed by atoms with van der Waals surface area (Å²) in [6, 6.07) is 16.7. The zero-order valence-corrected chi connectivity index (χ0v) is 14.6. The minimum absolute atomic E-state index is 0.0284. The molecule has 1 amide bonds. The molecule has 27 heavy (non-hydrogen) atoms. The summed E-state index contributed by atoms with van der Waals surface area (Å²) < 4.78 is 1.45. The topological polar surface area (TPSA) is 94.2 Å². The number of amides is 1. The van der Waals surface area contributed by atoms with E-state index in [2.05, 4.69) is 5.32 Å². The van der Waals surface area contributed by atoms with Crippen LogP contribution < -0.4 is 10.9 Å². The molecule has 0 fully saturated rings. The van der Waals surface area contributed by atoms with Crippen LogP contribution in [0.4, 0.5) is 11.4 Å². The molecular formula is C20H17N3O4. The molecule has 7 nitrogen and oxygen atoms in total. The second kappa shape index (κ2) is 7.65. The molecule has 0 aliphatic rings. The van der Waals surface area contributed by atoms with E-state index < -0.39 is 16.4 Å². The number of non-ortho nitro benzene ring substituents is 1. The first-order valence-electron chi connectivity index (χ1n) is 8.25. The summed E-state index contributed by atoms with van der Waals surface area (Å²) in [5, 5.41) is 13.5. The number of carbonyl (C=O) groups excluding carboxylic acids is 1. The summed E-state index contributed by atoms with van der Waals surface area (Å²) >= 11 is 0. The Morgan fingerprint density at radius 3 is 2.56 bits per heavy atom. The summed E-state index contributed by atoms with van der Waals surface area (Å²) in [6.07, 6.45) is 1.62. The third-order valence-electron chi connectivity index (χ3n) is 4.14. The van der Waals surface area contributed by atoms with Gasteiger partial charge in [-0.2, -0.15) is 0 Å². The van der Waals surface area contributed by atoms with Crippen molar-refractivity contribution in [2.24, 2.45) is 0 Å². The Morgan fingerprint density at radius 2 is 1.85 bits per heavy atom. The summed E-state index contributed by atoms with van der Waals surface area (Å²) in [4.78, 5) is 35.6. The van der Waals surface area contributed by atoms with Crippen molar-refractivity contribution < 1.29 is 9.72 Å². The van der Waals surface area contributed by atoms with E-state index in [9.17, 15) is 19.7 Å². The largest absolute Gasteiger partial charge is 0.321 e. The molecular weight excluding hydrogens is 346 g/mol. The number of pyridine rings is 1. The van der Waals surface area contributed by atoms with Crippen molar-refractivity contribution in [1.29, 1.82) is 0 Å². The van der Waals surface area contributed by atoms with Gasteiger partial charge in [0.25, 0.3) is 17.2 Å². The van der Waals surface area contributed by atoms with Gasteiger partial charge in [0, 0.05) is 18.3 Å². The van der Waals surface area contributed by atoms with Crippen LogP contribution in [-0.4, -0.2) is 15.4 Å². The van der Waals surface area contributed by atoms with Gasteiger partial charge < -0.3 is 9.88 Å². The molecule has 0 unspecified atom stereocenters. The smallest absolute Gasteiger partial charge is 0.271 e. The zero-order chi connectivity index (χ0) is 19.4. The molecule has 0 bridgehead atoms. The number of aryl methyl sites for hydroxylation is 1. The molecule has 136 valence electrons. The second-order valence-electron chi connectivity index (χ2n) is 6.05. The average molecular weight is 363 g/mol. The fourth-order valence-electron chi connectivity index (χ4n) is 2.66. The van der Waals surface area contributed by atoms with Crippen LogP contribution in [-0.2, 0) is 6.54 Å². The van der Waals surface area contributed by atoms with Crippen molar-refractivity contribution >= 4 is 17.3 Å². The van der Waals surface area contributed by atoms with Gasteiger partial charge in [-0.1, -0.05) is 36.4 Å². The van der Waals surface area contributed by atoms with E-state index in [1.54, 1.807) is 25.3 Å². The lowest BCUT2D eigenvalue weighted by molar-refractivity contribution is -0.384. The minimum atomic E-state index is -0.606. The van der Waals surface area contributed by atoms with Crippen LogP contribution in [0.1, 0.15) is 21.5 Å². The lowest BCUT2D eigenvalue weighted by Crippen LogP contribution is -2.29. The molecule has 1 heterocycles. The van der Waals surface area contributed by atoms with Gasteiger partial charge in [0.15, 0.2) is 0 Å². The Labute approximate surface area is 155 Å². The quantitative estimate of drug-likeness (QED) is 0.555. The van der Waals surface area contributed by atoms with E-state index >= 15 is 0 Å². The SMILES string of the molecule is Cc1ccc([N+](=O)[O-])cc1NC(=O)c1cccn(Cc2ccccc2)c1=O. The van der Waals surface area contributed by atoms with E-state index in [0.29, 0.717) is 17.8 Å². The van der Waals surface area contributed by atoms with Crippen LogP contribution in [0.25, 0.3) is 0 Å². The molecule has 0 spiro atoms. The molecule has 0 saturated heterocycles. The van der Waals surface area contributed by atoms with Gasteiger partial charge in [-0.25, -0.2) is 0 Å². The molecule has 0 aliphatic heterocycles. The molecule has 7 heteroatoms. The van der Waals surface area contributed by atoms with Crippen LogP contribution in [0, 0.1) is 17.0 Å². The zero-order valence-electron chi connectivity index (χ0n) is 14.6. The number of anilines is 1. The predicted molar refractivity (Wildman–Crippen MR) is 102 cm³/mol. The number of nitro groups is 1. The summed E-state index contributed by atoms with van der Waals surface area (Å²) in [6.45, 7) is 2.06. The highest BCUT2D eigenvalue weighted by molar-refractivity contribution is 6.04. The van der Waals surface area contributed by atoms with Gasteiger partial charge in [-0.3, -0.25) is 19.7 Å². The number of hydrogen-bond acceptors (Lipinski definition) is 4. The fourth-order valence-corrected chi connectivity index (χ4v) is 2.66. The van der Waals surface area contributed by atoms with Crippen molar-refractivity contribution in [3.05, 3.63) is 104 Å². The summed E-state index contributed by atoms with van der Waals surface area (Å²) in [5.41, 5.74) is 1.31. The van der Waals surface area contributed by atoms with E-state index in [1.807, 2.05) is 30.3 Å². The number of carbonyl (C=O) groups is 1. The third kappa shape index (κ3) is 4.09.